The van der Waals surface area contributed by atoms with Crippen LogP contribution in [-0.4, -0.2) is 60.9 Å². The van der Waals surface area contributed by atoms with Crippen LogP contribution >= 0.6 is 0 Å². The predicted octanol–water partition coefficient (Wildman–Crippen LogP) is 7.39. The van der Waals surface area contributed by atoms with Crippen molar-refractivity contribution in [1.29, 1.82) is 0 Å². The number of anilines is 1. The molecule has 248 valence electrons. The number of nitrogens with zero attached hydrogens (tertiary/aromatic N) is 3. The zero-order chi connectivity index (χ0) is 32.5. The first kappa shape index (κ1) is 33.2. The summed E-state index contributed by atoms with van der Waals surface area (Å²) in [7, 11) is 0. The third-order valence-corrected chi connectivity index (χ3v) is 8.94. The van der Waals surface area contributed by atoms with Crippen molar-refractivity contribution in [3.05, 3.63) is 132 Å². The molecule has 3 heterocycles. The van der Waals surface area contributed by atoms with Gasteiger partial charge in [0.2, 0.25) is 0 Å². The highest BCUT2D eigenvalue weighted by Gasteiger charge is 2.41. The largest absolute Gasteiger partial charge is 0.419 e. The van der Waals surface area contributed by atoms with E-state index in [1.54, 1.807) is 4.90 Å². The molecule has 3 aromatic carbocycles. The number of hydrogen-bond acceptors (Lipinski definition) is 6. The van der Waals surface area contributed by atoms with Gasteiger partial charge in [0.25, 0.3) is 0 Å². The summed E-state index contributed by atoms with van der Waals surface area (Å²) >= 11 is 0. The van der Waals surface area contributed by atoms with Gasteiger partial charge in [0.15, 0.2) is 0 Å². The van der Waals surface area contributed by atoms with Gasteiger partial charge in [-0.3, -0.25) is 4.90 Å². The lowest BCUT2D eigenvalue weighted by Gasteiger charge is -2.45. The van der Waals surface area contributed by atoms with Crippen LogP contribution in [0.25, 0.3) is 0 Å². The van der Waals surface area contributed by atoms with E-state index in [-0.39, 0.29) is 30.0 Å². The number of piperidine rings is 2. The summed E-state index contributed by atoms with van der Waals surface area (Å²) in [5.74, 6) is 0.184. The van der Waals surface area contributed by atoms with Crippen molar-refractivity contribution in [1.82, 2.24) is 9.88 Å². The van der Waals surface area contributed by atoms with Gasteiger partial charge in [-0.15, -0.1) is 0 Å². The van der Waals surface area contributed by atoms with Crippen LogP contribution < -0.4 is 4.90 Å². The van der Waals surface area contributed by atoms with E-state index in [0.29, 0.717) is 52.5 Å². The highest BCUT2D eigenvalue weighted by atomic mass is 19.4. The van der Waals surface area contributed by atoms with E-state index in [9.17, 15) is 13.2 Å². The minimum atomic E-state index is -4.45. The average molecular weight is 646 g/mol. The maximum Gasteiger partial charge on any atom is 0.419 e. The third kappa shape index (κ3) is 9.20. The average Bonchev–Trinajstić information content (AvgIpc) is 3.10. The molecule has 0 N–H and O–H groups in total. The Balaban J connectivity index is 1.20. The van der Waals surface area contributed by atoms with Gasteiger partial charge in [-0.1, -0.05) is 91.0 Å². The van der Waals surface area contributed by atoms with Crippen molar-refractivity contribution in [2.75, 3.05) is 37.6 Å². The number of aromatic nitrogens is 1. The molecule has 0 saturated carbocycles. The van der Waals surface area contributed by atoms with Gasteiger partial charge in [0, 0.05) is 38.9 Å². The van der Waals surface area contributed by atoms with Gasteiger partial charge in [-0.2, -0.15) is 13.2 Å². The van der Waals surface area contributed by atoms with Crippen molar-refractivity contribution in [3.63, 3.8) is 0 Å². The second-order valence-electron chi connectivity index (χ2n) is 12.5. The maximum atomic E-state index is 13.8. The fourth-order valence-corrected chi connectivity index (χ4v) is 6.65. The molecule has 2 fully saturated rings. The van der Waals surface area contributed by atoms with Crippen molar-refractivity contribution in [2.45, 2.75) is 57.2 Å². The van der Waals surface area contributed by atoms with E-state index in [1.807, 2.05) is 78.9 Å². The SMILES string of the molecule is FC(F)(F)c1cccnc1N1CCC[C@H](CN2C[C@@H](OCc3ccccc3)C(OCc3ccccc3)[C@H](OCc3ccccc3)C2)C1. The number of likely N-dealkylation sites (tertiary alicyclic amines) is 1. The Labute approximate surface area is 275 Å². The van der Waals surface area contributed by atoms with E-state index in [1.165, 1.54) is 12.3 Å². The first-order valence-electron chi connectivity index (χ1n) is 16.4. The highest BCUT2D eigenvalue weighted by molar-refractivity contribution is 5.48. The van der Waals surface area contributed by atoms with Crippen LogP contribution in [0.15, 0.2) is 109 Å². The highest BCUT2D eigenvalue weighted by Crippen LogP contribution is 2.37. The Morgan fingerprint density at radius 1 is 0.660 bits per heavy atom. The molecule has 6 nitrogen and oxygen atoms in total. The molecule has 2 saturated heterocycles. The van der Waals surface area contributed by atoms with Crippen molar-refractivity contribution < 1.29 is 27.4 Å². The van der Waals surface area contributed by atoms with Crippen LogP contribution in [0.2, 0.25) is 0 Å². The monoisotopic (exact) mass is 645 g/mol. The molecule has 0 unspecified atom stereocenters. The summed E-state index contributed by atoms with van der Waals surface area (Å²) in [5.41, 5.74) is 2.55. The van der Waals surface area contributed by atoms with Crippen molar-refractivity contribution in [3.8, 4) is 0 Å². The van der Waals surface area contributed by atoms with Crippen LogP contribution in [0.3, 0.4) is 0 Å². The Kier molecular flexibility index (Phi) is 11.2. The molecule has 0 aliphatic carbocycles. The molecular weight excluding hydrogens is 603 g/mol. The Morgan fingerprint density at radius 3 is 1.72 bits per heavy atom. The third-order valence-electron chi connectivity index (χ3n) is 8.94. The molecule has 0 bridgehead atoms. The summed E-state index contributed by atoms with van der Waals surface area (Å²) in [6, 6.07) is 32.7. The Morgan fingerprint density at radius 2 is 1.19 bits per heavy atom. The molecule has 0 radical (unpaired) electrons. The standard InChI is InChI=1S/C38H42F3N3O3/c39-38(40,41)33-19-10-20-42-37(33)44-21-11-18-32(23-44)22-43-24-34(45-26-29-12-4-1-5-13-29)36(47-28-31-16-8-3-9-17-31)35(25-43)46-27-30-14-6-2-7-15-30/h1-10,12-17,19-20,32,34-36H,11,18,21-28H2/t32-,34-,35-/m1/s1. The molecule has 4 aromatic rings. The topological polar surface area (TPSA) is 47.1 Å². The van der Waals surface area contributed by atoms with E-state index < -0.39 is 11.7 Å². The predicted molar refractivity (Wildman–Crippen MR) is 176 cm³/mol. The lowest BCUT2D eigenvalue weighted by molar-refractivity contribution is -0.185. The molecule has 6 rings (SSSR count). The van der Waals surface area contributed by atoms with Gasteiger partial charge in [0.1, 0.15) is 11.9 Å². The fourth-order valence-electron chi connectivity index (χ4n) is 6.65. The molecule has 2 aliphatic heterocycles. The van der Waals surface area contributed by atoms with Gasteiger partial charge < -0.3 is 19.1 Å². The molecule has 0 spiro atoms. The van der Waals surface area contributed by atoms with E-state index in [2.05, 4.69) is 22.0 Å². The number of benzene rings is 3. The normalized spacial score (nSPS) is 21.2. The van der Waals surface area contributed by atoms with Crippen LogP contribution in [0.4, 0.5) is 19.0 Å². The number of alkyl halides is 3. The minimum absolute atomic E-state index is 0.0193. The second-order valence-corrected chi connectivity index (χ2v) is 12.5. The van der Waals surface area contributed by atoms with Crippen LogP contribution in [-0.2, 0) is 40.2 Å². The van der Waals surface area contributed by atoms with Gasteiger partial charge in [-0.05, 0) is 47.6 Å². The molecule has 2 aliphatic rings. The van der Waals surface area contributed by atoms with Crippen molar-refractivity contribution in [2.24, 2.45) is 5.92 Å². The molecule has 47 heavy (non-hydrogen) atoms. The lowest BCUT2D eigenvalue weighted by Crippen LogP contribution is -2.59. The van der Waals surface area contributed by atoms with Gasteiger partial charge >= 0.3 is 6.18 Å². The fraction of sp³-hybridized carbons (Fsp3) is 0.395. The van der Waals surface area contributed by atoms with Crippen LogP contribution in [0, 0.1) is 5.92 Å². The summed E-state index contributed by atoms with van der Waals surface area (Å²) in [6.45, 7) is 4.35. The number of halogens is 3. The van der Waals surface area contributed by atoms with Gasteiger partial charge in [-0.25, -0.2) is 4.98 Å². The first-order chi connectivity index (χ1) is 22.9. The first-order valence-corrected chi connectivity index (χ1v) is 16.4. The Hall–Kier alpha value is -3.76. The molecule has 1 aromatic heterocycles. The Bertz CT molecular complexity index is 1460. The summed E-state index contributed by atoms with van der Waals surface area (Å²) in [4.78, 5) is 8.33. The zero-order valence-corrected chi connectivity index (χ0v) is 26.5. The molecule has 0 amide bonds. The summed E-state index contributed by atoms with van der Waals surface area (Å²) in [5, 5.41) is 0. The smallest absolute Gasteiger partial charge is 0.369 e. The zero-order valence-electron chi connectivity index (χ0n) is 26.5. The summed E-state index contributed by atoms with van der Waals surface area (Å²) in [6.07, 6.45) is -2.15. The van der Waals surface area contributed by atoms with E-state index in [4.69, 9.17) is 14.2 Å². The number of pyridine rings is 1. The summed E-state index contributed by atoms with van der Waals surface area (Å²) < 4.78 is 61.4. The number of hydrogen-bond donors (Lipinski definition) is 0. The molecular formula is C38H42F3N3O3. The molecule has 3 atom stereocenters. The minimum Gasteiger partial charge on any atom is -0.369 e. The maximum absolute atomic E-state index is 13.8. The van der Waals surface area contributed by atoms with Gasteiger partial charge in [0.05, 0.1) is 37.6 Å². The second kappa shape index (κ2) is 15.9. The number of rotatable bonds is 12. The molecule has 9 heteroatoms. The van der Waals surface area contributed by atoms with Crippen molar-refractivity contribution >= 4 is 5.82 Å². The quantitative estimate of drug-likeness (QED) is 0.160. The lowest BCUT2D eigenvalue weighted by atomic mass is 9.94. The van der Waals surface area contributed by atoms with Crippen LogP contribution in [0.1, 0.15) is 35.1 Å². The number of ether oxygens (including phenoxy) is 3. The van der Waals surface area contributed by atoms with E-state index >= 15 is 0 Å². The van der Waals surface area contributed by atoms with E-state index in [0.717, 1.165) is 35.6 Å². The van der Waals surface area contributed by atoms with Crippen LogP contribution in [0.5, 0.6) is 0 Å².